The second-order valence-corrected chi connectivity index (χ2v) is 17.9. The second kappa shape index (κ2) is 13.5. The summed E-state index contributed by atoms with van der Waals surface area (Å²) in [6.45, 7) is 9.87. The number of nitrogens with two attached hydrogens (primary N) is 1. The van der Waals surface area contributed by atoms with E-state index in [-0.39, 0.29) is 10.8 Å². The molecule has 0 saturated heterocycles. The molecule has 1 aliphatic carbocycles. The lowest BCUT2D eigenvalue weighted by molar-refractivity contribution is -0.118. The van der Waals surface area contributed by atoms with Gasteiger partial charge in [0.1, 0.15) is 10.8 Å². The third-order valence-electron chi connectivity index (χ3n) is 8.44. The van der Waals surface area contributed by atoms with Crippen molar-refractivity contribution in [1.29, 1.82) is 0 Å². The van der Waals surface area contributed by atoms with Crippen LogP contribution in [0.1, 0.15) is 46.1 Å². The van der Waals surface area contributed by atoms with Crippen molar-refractivity contribution >= 4 is 53.2 Å². The Balaban J connectivity index is 1.50. The van der Waals surface area contributed by atoms with Crippen LogP contribution in [0, 0.1) is 5.41 Å². The molecule has 1 unspecified atom stereocenters. The number of rotatable bonds is 10. The standard InChI is InChI=1S/C37H42N4O2SSi/c1-36(2,3)45(29-16-10-6-11-17-29,30-18-12-7-13-19-30)43-26-37(4)23-31(40-25-27-20-21-39-33(38)22-27)34(32(42)24-37)35(44)41-28-14-8-5-9-15-28/h5-22,40H,23-26H2,1-4H3,(H2,38,39)(H,41,44). The molecule has 0 fully saturated rings. The van der Waals surface area contributed by atoms with Crippen molar-refractivity contribution < 1.29 is 9.22 Å². The van der Waals surface area contributed by atoms with Crippen LogP contribution in [0.25, 0.3) is 0 Å². The van der Waals surface area contributed by atoms with Gasteiger partial charge in [-0.1, -0.05) is 119 Å². The molecule has 0 saturated carbocycles. The van der Waals surface area contributed by atoms with E-state index < -0.39 is 13.7 Å². The van der Waals surface area contributed by atoms with Crippen molar-refractivity contribution in [3.8, 4) is 0 Å². The summed E-state index contributed by atoms with van der Waals surface area (Å²) in [6.07, 6.45) is 2.62. The minimum atomic E-state index is -2.80. The first-order chi connectivity index (χ1) is 21.5. The van der Waals surface area contributed by atoms with Gasteiger partial charge in [0.25, 0.3) is 8.32 Å². The van der Waals surface area contributed by atoms with Gasteiger partial charge in [0.15, 0.2) is 5.78 Å². The molecule has 45 heavy (non-hydrogen) atoms. The minimum absolute atomic E-state index is 0.0000269. The van der Waals surface area contributed by atoms with E-state index in [9.17, 15) is 4.79 Å². The van der Waals surface area contributed by atoms with E-state index in [0.29, 0.717) is 42.4 Å². The van der Waals surface area contributed by atoms with E-state index in [2.05, 4.69) is 91.8 Å². The third-order valence-corrected chi connectivity index (χ3v) is 13.7. The number of anilines is 2. The molecular formula is C37H42N4O2SSi. The normalized spacial score (nSPS) is 17.2. The summed E-state index contributed by atoms with van der Waals surface area (Å²) in [5.41, 5.74) is 8.64. The van der Waals surface area contributed by atoms with Crippen LogP contribution >= 0.6 is 12.2 Å². The number of nitrogens with one attached hydrogen (secondary N) is 2. The molecule has 5 rings (SSSR count). The molecule has 0 radical (unpaired) electrons. The highest BCUT2D eigenvalue weighted by molar-refractivity contribution is 7.81. The SMILES string of the molecule is CC1(CO[Si](c2ccccc2)(c2ccccc2)C(C)(C)C)CC(=O)C(C(=S)Nc2ccccc2)=C(NCc2ccnc(N)c2)C1. The van der Waals surface area contributed by atoms with Crippen LogP contribution in [0.4, 0.5) is 11.5 Å². The summed E-state index contributed by atoms with van der Waals surface area (Å²) in [5, 5.41) is 9.11. The number of para-hydroxylation sites is 1. The molecule has 4 N–H and O–H groups in total. The largest absolute Gasteiger partial charge is 0.407 e. The highest BCUT2D eigenvalue weighted by Crippen LogP contribution is 2.42. The summed E-state index contributed by atoms with van der Waals surface area (Å²) in [5.74, 6) is 0.452. The molecule has 4 aromatic rings. The molecule has 6 nitrogen and oxygen atoms in total. The number of pyridine rings is 1. The molecule has 1 aliphatic rings. The number of nitrogens with zero attached hydrogens (tertiary/aromatic N) is 1. The smallest absolute Gasteiger partial charge is 0.261 e. The number of hydrogen-bond donors (Lipinski definition) is 3. The lowest BCUT2D eigenvalue weighted by atomic mass is 9.74. The van der Waals surface area contributed by atoms with Crippen molar-refractivity contribution in [3.63, 3.8) is 0 Å². The zero-order valence-electron chi connectivity index (χ0n) is 26.5. The summed E-state index contributed by atoms with van der Waals surface area (Å²) < 4.78 is 7.34. The number of Topliss-reactive ketones (excluding diaryl/α,β-unsaturated/α-hetero) is 1. The number of thiocarbonyl (C=S) groups is 1. The number of carbonyl (C=O) groups is 1. The first-order valence-electron chi connectivity index (χ1n) is 15.3. The number of benzene rings is 3. The van der Waals surface area contributed by atoms with Crippen LogP contribution in [0.3, 0.4) is 0 Å². The van der Waals surface area contributed by atoms with E-state index >= 15 is 0 Å². The van der Waals surface area contributed by atoms with E-state index in [4.69, 9.17) is 22.4 Å². The summed E-state index contributed by atoms with van der Waals surface area (Å²) >= 11 is 5.85. The monoisotopic (exact) mass is 634 g/mol. The average molecular weight is 635 g/mol. The third kappa shape index (κ3) is 7.25. The number of ketones is 1. The fraction of sp³-hybridized carbons (Fsp3) is 0.270. The highest BCUT2D eigenvalue weighted by Gasteiger charge is 2.51. The van der Waals surface area contributed by atoms with Crippen molar-refractivity contribution in [2.75, 3.05) is 17.7 Å². The summed E-state index contributed by atoms with van der Waals surface area (Å²) in [6, 6.07) is 34.7. The van der Waals surface area contributed by atoms with Crippen LogP contribution in [0.5, 0.6) is 0 Å². The van der Waals surface area contributed by atoms with Gasteiger partial charge in [0, 0.05) is 42.6 Å². The fourth-order valence-corrected chi connectivity index (χ4v) is 11.4. The predicted molar refractivity (Wildman–Crippen MR) is 191 cm³/mol. The Hall–Kier alpha value is -4.11. The Morgan fingerprint density at radius 1 is 0.933 bits per heavy atom. The van der Waals surface area contributed by atoms with Crippen molar-refractivity contribution in [2.45, 2.75) is 52.1 Å². The number of aromatic nitrogens is 1. The summed E-state index contributed by atoms with van der Waals surface area (Å²) in [4.78, 5) is 18.6. The first kappa shape index (κ1) is 32.3. The van der Waals surface area contributed by atoms with Crippen LogP contribution in [0.2, 0.25) is 5.04 Å². The molecule has 1 heterocycles. The van der Waals surface area contributed by atoms with Crippen LogP contribution in [-0.2, 0) is 15.8 Å². The number of hydrogen-bond acceptors (Lipinski definition) is 6. The van der Waals surface area contributed by atoms with Gasteiger partial charge in [-0.25, -0.2) is 4.98 Å². The number of allylic oxidation sites excluding steroid dienone is 1. The van der Waals surface area contributed by atoms with Crippen LogP contribution in [0.15, 0.2) is 121 Å². The van der Waals surface area contributed by atoms with Crippen LogP contribution in [-0.4, -0.2) is 30.7 Å². The summed E-state index contributed by atoms with van der Waals surface area (Å²) in [7, 11) is -2.80. The Bertz CT molecular complexity index is 1630. The molecule has 1 atom stereocenters. The number of carbonyl (C=O) groups excluding carboxylic acids is 1. The average Bonchev–Trinajstić information content (AvgIpc) is 3.01. The fourth-order valence-electron chi connectivity index (χ4n) is 6.31. The van der Waals surface area contributed by atoms with Gasteiger partial charge in [-0.3, -0.25) is 4.79 Å². The first-order valence-corrected chi connectivity index (χ1v) is 17.6. The quantitative estimate of drug-likeness (QED) is 0.138. The molecular weight excluding hydrogens is 593 g/mol. The molecule has 1 aromatic heterocycles. The van der Waals surface area contributed by atoms with Gasteiger partial charge in [-0.2, -0.15) is 0 Å². The molecule has 0 bridgehead atoms. The Morgan fingerprint density at radius 2 is 1.51 bits per heavy atom. The second-order valence-electron chi connectivity index (χ2n) is 13.2. The van der Waals surface area contributed by atoms with E-state index in [1.165, 1.54) is 10.4 Å². The molecule has 0 aliphatic heterocycles. The van der Waals surface area contributed by atoms with Gasteiger partial charge in [-0.05, 0) is 51.7 Å². The maximum absolute atomic E-state index is 14.1. The van der Waals surface area contributed by atoms with Crippen molar-refractivity contribution in [2.24, 2.45) is 5.41 Å². The maximum atomic E-state index is 14.1. The van der Waals surface area contributed by atoms with Gasteiger partial charge in [-0.15, -0.1) is 0 Å². The predicted octanol–water partition coefficient (Wildman–Crippen LogP) is 6.39. The van der Waals surface area contributed by atoms with Crippen molar-refractivity contribution in [1.82, 2.24) is 10.3 Å². The Morgan fingerprint density at radius 3 is 2.07 bits per heavy atom. The molecule has 0 spiro atoms. The van der Waals surface area contributed by atoms with Gasteiger partial charge in [0.2, 0.25) is 0 Å². The van der Waals surface area contributed by atoms with E-state index in [1.807, 2.05) is 54.6 Å². The lowest BCUT2D eigenvalue weighted by Gasteiger charge is -2.46. The Kier molecular flexibility index (Phi) is 9.67. The molecule has 0 amide bonds. The van der Waals surface area contributed by atoms with E-state index in [1.54, 1.807) is 6.20 Å². The maximum Gasteiger partial charge on any atom is 0.261 e. The molecule has 8 heteroatoms. The Labute approximate surface area is 273 Å². The van der Waals surface area contributed by atoms with Gasteiger partial charge in [0.05, 0.1) is 5.57 Å². The van der Waals surface area contributed by atoms with Crippen molar-refractivity contribution in [3.05, 3.63) is 126 Å². The zero-order valence-corrected chi connectivity index (χ0v) is 28.3. The number of nitrogen functional groups attached to an aromatic ring is 1. The zero-order chi connectivity index (χ0) is 32.1. The van der Waals surface area contributed by atoms with Gasteiger partial charge >= 0.3 is 0 Å². The molecule has 232 valence electrons. The van der Waals surface area contributed by atoms with E-state index in [0.717, 1.165) is 16.9 Å². The topological polar surface area (TPSA) is 89.3 Å². The molecule has 3 aromatic carbocycles. The minimum Gasteiger partial charge on any atom is -0.407 e. The highest BCUT2D eigenvalue weighted by atomic mass is 32.1. The van der Waals surface area contributed by atoms with Crippen LogP contribution < -0.4 is 26.7 Å². The lowest BCUT2D eigenvalue weighted by Crippen LogP contribution is -2.67. The van der Waals surface area contributed by atoms with Gasteiger partial charge < -0.3 is 20.8 Å².